The maximum atomic E-state index is 12.4. The number of nitrogens with zero attached hydrogens (tertiary/aromatic N) is 1. The number of carbonyl (C=O) groups excluding carboxylic acids is 1. The zero-order chi connectivity index (χ0) is 16.2. The second-order valence-electron chi connectivity index (χ2n) is 6.19. The van der Waals surface area contributed by atoms with Crippen molar-refractivity contribution in [3.8, 4) is 11.1 Å². The van der Waals surface area contributed by atoms with Crippen LogP contribution in [0.4, 0.5) is 5.69 Å². The topological polar surface area (TPSA) is 44.4 Å². The number of benzene rings is 2. The summed E-state index contributed by atoms with van der Waals surface area (Å²) in [6, 6.07) is 16.4. The predicted octanol–water partition coefficient (Wildman–Crippen LogP) is 2.51. The fourth-order valence-electron chi connectivity index (χ4n) is 2.84. The summed E-state index contributed by atoms with van der Waals surface area (Å²) >= 11 is 0. The Morgan fingerprint density at radius 3 is 2.57 bits per heavy atom. The summed E-state index contributed by atoms with van der Waals surface area (Å²) in [7, 11) is 4.05. The highest BCUT2D eigenvalue weighted by Gasteiger charge is 2.17. The van der Waals surface area contributed by atoms with E-state index in [1.807, 2.05) is 38.4 Å². The van der Waals surface area contributed by atoms with Gasteiger partial charge in [-0.25, -0.2) is 0 Å². The molecule has 120 valence electrons. The van der Waals surface area contributed by atoms with Crippen LogP contribution < -0.4 is 15.5 Å². The SMILES string of the molecule is CN(C)c1ccc(-c2cccc(C(=O)N[C@@H]3CCNC3)c2)cc1. The fourth-order valence-corrected chi connectivity index (χ4v) is 2.84. The summed E-state index contributed by atoms with van der Waals surface area (Å²) in [5, 5.41) is 6.35. The zero-order valence-electron chi connectivity index (χ0n) is 13.7. The third kappa shape index (κ3) is 3.71. The first-order chi connectivity index (χ1) is 11.1. The summed E-state index contributed by atoms with van der Waals surface area (Å²) in [6.45, 7) is 1.83. The summed E-state index contributed by atoms with van der Waals surface area (Å²) in [5.41, 5.74) is 4.06. The van der Waals surface area contributed by atoms with E-state index in [2.05, 4.69) is 39.8 Å². The van der Waals surface area contributed by atoms with Crippen LogP contribution in [0.5, 0.6) is 0 Å². The van der Waals surface area contributed by atoms with Crippen LogP contribution in [-0.2, 0) is 0 Å². The monoisotopic (exact) mass is 309 g/mol. The van der Waals surface area contributed by atoms with Crippen LogP contribution in [0.3, 0.4) is 0 Å². The zero-order valence-corrected chi connectivity index (χ0v) is 13.7. The van der Waals surface area contributed by atoms with Crippen molar-refractivity contribution >= 4 is 11.6 Å². The van der Waals surface area contributed by atoms with Crippen LogP contribution in [-0.4, -0.2) is 39.1 Å². The average molecular weight is 309 g/mol. The number of anilines is 1. The quantitative estimate of drug-likeness (QED) is 0.912. The maximum absolute atomic E-state index is 12.4. The van der Waals surface area contributed by atoms with Crippen molar-refractivity contribution < 1.29 is 4.79 Å². The Morgan fingerprint density at radius 2 is 1.91 bits per heavy atom. The Kier molecular flexibility index (Phi) is 4.63. The van der Waals surface area contributed by atoms with Gasteiger partial charge in [0.2, 0.25) is 0 Å². The smallest absolute Gasteiger partial charge is 0.251 e. The standard InChI is InChI=1S/C19H23N3O/c1-22(2)18-8-6-14(7-9-18)15-4-3-5-16(12-15)19(23)21-17-10-11-20-13-17/h3-9,12,17,20H,10-11,13H2,1-2H3,(H,21,23)/t17-/m1/s1. The number of carbonyl (C=O) groups is 1. The number of amides is 1. The molecule has 1 amide bonds. The van der Waals surface area contributed by atoms with Gasteiger partial charge < -0.3 is 15.5 Å². The largest absolute Gasteiger partial charge is 0.378 e. The minimum absolute atomic E-state index is 0.00506. The van der Waals surface area contributed by atoms with Gasteiger partial charge in [-0.1, -0.05) is 24.3 Å². The average Bonchev–Trinajstić information content (AvgIpc) is 3.08. The van der Waals surface area contributed by atoms with Gasteiger partial charge in [0.05, 0.1) is 0 Å². The first kappa shape index (κ1) is 15.6. The Balaban J connectivity index is 1.77. The molecule has 1 atom stereocenters. The van der Waals surface area contributed by atoms with Gasteiger partial charge in [-0.2, -0.15) is 0 Å². The Bertz CT molecular complexity index is 673. The van der Waals surface area contributed by atoms with Gasteiger partial charge in [0.1, 0.15) is 0 Å². The van der Waals surface area contributed by atoms with E-state index in [1.54, 1.807) is 0 Å². The molecule has 1 saturated heterocycles. The van der Waals surface area contributed by atoms with Crippen molar-refractivity contribution in [1.29, 1.82) is 0 Å². The highest BCUT2D eigenvalue weighted by Crippen LogP contribution is 2.23. The molecular formula is C19H23N3O. The van der Waals surface area contributed by atoms with E-state index in [4.69, 9.17) is 0 Å². The molecule has 0 saturated carbocycles. The van der Waals surface area contributed by atoms with Crippen molar-refractivity contribution in [2.24, 2.45) is 0 Å². The molecule has 0 bridgehead atoms. The molecule has 1 aliphatic heterocycles. The lowest BCUT2D eigenvalue weighted by atomic mass is 10.0. The maximum Gasteiger partial charge on any atom is 0.251 e. The molecule has 0 spiro atoms. The first-order valence-electron chi connectivity index (χ1n) is 8.03. The molecule has 1 aliphatic rings. The lowest BCUT2D eigenvalue weighted by Gasteiger charge is -2.14. The predicted molar refractivity (Wildman–Crippen MR) is 94.9 cm³/mol. The van der Waals surface area contributed by atoms with Crippen LogP contribution in [0, 0.1) is 0 Å². The van der Waals surface area contributed by atoms with Crippen LogP contribution in [0.2, 0.25) is 0 Å². The molecular weight excluding hydrogens is 286 g/mol. The van der Waals surface area contributed by atoms with E-state index in [-0.39, 0.29) is 11.9 Å². The Hall–Kier alpha value is -2.33. The molecule has 2 aromatic rings. The van der Waals surface area contributed by atoms with Crippen LogP contribution >= 0.6 is 0 Å². The number of rotatable bonds is 4. The van der Waals surface area contributed by atoms with Gasteiger partial charge >= 0.3 is 0 Å². The molecule has 1 fully saturated rings. The van der Waals surface area contributed by atoms with Gasteiger partial charge in [-0.05, 0) is 48.4 Å². The van der Waals surface area contributed by atoms with Gasteiger partial charge in [0.15, 0.2) is 0 Å². The third-order valence-electron chi connectivity index (χ3n) is 4.24. The number of hydrogen-bond acceptors (Lipinski definition) is 3. The number of nitrogens with one attached hydrogen (secondary N) is 2. The van der Waals surface area contributed by atoms with E-state index in [0.717, 1.165) is 36.3 Å². The van der Waals surface area contributed by atoms with Gasteiger partial charge in [-0.3, -0.25) is 4.79 Å². The molecule has 3 rings (SSSR count). The van der Waals surface area contributed by atoms with Gasteiger partial charge in [0, 0.05) is 37.9 Å². The van der Waals surface area contributed by atoms with Crippen molar-refractivity contribution in [1.82, 2.24) is 10.6 Å². The lowest BCUT2D eigenvalue weighted by molar-refractivity contribution is 0.0940. The van der Waals surface area contributed by atoms with E-state index in [1.165, 1.54) is 0 Å². The van der Waals surface area contributed by atoms with Crippen LogP contribution in [0.15, 0.2) is 48.5 Å². The summed E-state index contributed by atoms with van der Waals surface area (Å²) in [6.07, 6.45) is 0.997. The van der Waals surface area contributed by atoms with Gasteiger partial charge in [0.25, 0.3) is 5.91 Å². The first-order valence-corrected chi connectivity index (χ1v) is 8.03. The molecule has 23 heavy (non-hydrogen) atoms. The normalized spacial score (nSPS) is 17.0. The van der Waals surface area contributed by atoms with Crippen LogP contribution in [0.1, 0.15) is 16.8 Å². The van der Waals surface area contributed by atoms with E-state index in [0.29, 0.717) is 5.56 Å². The highest BCUT2D eigenvalue weighted by atomic mass is 16.1. The van der Waals surface area contributed by atoms with E-state index in [9.17, 15) is 4.79 Å². The minimum Gasteiger partial charge on any atom is -0.378 e. The summed E-state index contributed by atoms with van der Waals surface area (Å²) in [4.78, 5) is 14.5. The van der Waals surface area contributed by atoms with Crippen molar-refractivity contribution in [2.45, 2.75) is 12.5 Å². The molecule has 4 heteroatoms. The Labute approximate surface area is 137 Å². The van der Waals surface area contributed by atoms with E-state index >= 15 is 0 Å². The fraction of sp³-hybridized carbons (Fsp3) is 0.316. The second kappa shape index (κ2) is 6.84. The Morgan fingerprint density at radius 1 is 1.13 bits per heavy atom. The second-order valence-corrected chi connectivity index (χ2v) is 6.19. The molecule has 1 heterocycles. The minimum atomic E-state index is 0.00506. The van der Waals surface area contributed by atoms with Crippen LogP contribution in [0.25, 0.3) is 11.1 Å². The summed E-state index contributed by atoms with van der Waals surface area (Å²) in [5.74, 6) is 0.00506. The molecule has 2 aromatic carbocycles. The highest BCUT2D eigenvalue weighted by molar-refractivity contribution is 5.95. The number of hydrogen-bond donors (Lipinski definition) is 2. The summed E-state index contributed by atoms with van der Waals surface area (Å²) < 4.78 is 0. The molecule has 0 unspecified atom stereocenters. The van der Waals surface area contributed by atoms with Crippen molar-refractivity contribution in [2.75, 3.05) is 32.1 Å². The van der Waals surface area contributed by atoms with Crippen molar-refractivity contribution in [3.63, 3.8) is 0 Å². The van der Waals surface area contributed by atoms with Gasteiger partial charge in [-0.15, -0.1) is 0 Å². The third-order valence-corrected chi connectivity index (χ3v) is 4.24. The molecule has 0 radical (unpaired) electrons. The molecule has 4 nitrogen and oxygen atoms in total. The molecule has 0 aliphatic carbocycles. The lowest BCUT2D eigenvalue weighted by Crippen LogP contribution is -2.36. The molecule has 0 aromatic heterocycles. The van der Waals surface area contributed by atoms with E-state index < -0.39 is 0 Å². The molecule has 2 N–H and O–H groups in total. The van der Waals surface area contributed by atoms with Crippen molar-refractivity contribution in [3.05, 3.63) is 54.1 Å².